The summed E-state index contributed by atoms with van der Waals surface area (Å²) in [6.45, 7) is 3.90. The molecule has 1 aromatic rings. The van der Waals surface area contributed by atoms with Crippen LogP contribution in [0.4, 0.5) is 0 Å². The van der Waals surface area contributed by atoms with E-state index in [9.17, 15) is 0 Å². The van der Waals surface area contributed by atoms with E-state index in [4.69, 9.17) is 4.74 Å². The zero-order chi connectivity index (χ0) is 12.4. The molecule has 3 rings (SSSR count). The first-order valence-corrected chi connectivity index (χ1v) is 7.92. The van der Waals surface area contributed by atoms with Crippen LogP contribution in [0, 0.1) is 6.92 Å². The lowest BCUT2D eigenvalue weighted by atomic mass is 9.89. The fourth-order valence-electron chi connectivity index (χ4n) is 3.31. The lowest BCUT2D eigenvalue weighted by Crippen LogP contribution is -2.45. The van der Waals surface area contributed by atoms with Gasteiger partial charge in [-0.1, -0.05) is 12.8 Å². The van der Waals surface area contributed by atoms with Gasteiger partial charge in [-0.25, -0.2) is 4.98 Å². The van der Waals surface area contributed by atoms with E-state index in [-0.39, 0.29) is 5.60 Å². The minimum Gasteiger partial charge on any atom is -0.375 e. The molecule has 4 heteroatoms. The molecule has 1 N–H and O–H groups in total. The van der Waals surface area contributed by atoms with Crippen molar-refractivity contribution in [3.05, 3.63) is 16.1 Å². The highest BCUT2D eigenvalue weighted by Gasteiger charge is 2.39. The Bertz CT molecular complexity index is 398. The normalized spacial score (nSPS) is 26.8. The van der Waals surface area contributed by atoms with Gasteiger partial charge >= 0.3 is 0 Å². The molecular formula is C14H22N2OS. The van der Waals surface area contributed by atoms with Crippen LogP contribution >= 0.6 is 11.3 Å². The van der Waals surface area contributed by atoms with E-state index in [2.05, 4.69) is 22.6 Å². The molecule has 3 nitrogen and oxygen atoms in total. The summed E-state index contributed by atoms with van der Waals surface area (Å²) < 4.78 is 6.06. The molecule has 1 spiro atoms. The zero-order valence-corrected chi connectivity index (χ0v) is 11.9. The van der Waals surface area contributed by atoms with Gasteiger partial charge in [0.05, 0.1) is 16.3 Å². The summed E-state index contributed by atoms with van der Waals surface area (Å²) in [4.78, 5) is 4.51. The number of aromatic nitrogens is 1. The number of ether oxygens (including phenoxy) is 1. The molecule has 18 heavy (non-hydrogen) atoms. The number of hydrogen-bond acceptors (Lipinski definition) is 4. The topological polar surface area (TPSA) is 34.2 Å². The van der Waals surface area contributed by atoms with Crippen LogP contribution in [0.1, 0.15) is 49.2 Å². The molecule has 2 fully saturated rings. The van der Waals surface area contributed by atoms with Gasteiger partial charge < -0.3 is 10.1 Å². The first-order valence-electron chi connectivity index (χ1n) is 7.04. The van der Waals surface area contributed by atoms with E-state index >= 15 is 0 Å². The van der Waals surface area contributed by atoms with E-state index in [1.54, 1.807) is 11.3 Å². The van der Waals surface area contributed by atoms with Gasteiger partial charge in [0, 0.05) is 24.6 Å². The monoisotopic (exact) mass is 266 g/mol. The van der Waals surface area contributed by atoms with Gasteiger partial charge in [0.25, 0.3) is 0 Å². The van der Waals surface area contributed by atoms with E-state index in [0.29, 0.717) is 6.04 Å². The van der Waals surface area contributed by atoms with Gasteiger partial charge in [-0.3, -0.25) is 0 Å². The summed E-state index contributed by atoms with van der Waals surface area (Å²) in [6, 6.07) is 0.610. The Morgan fingerprint density at radius 3 is 3.06 bits per heavy atom. The highest BCUT2D eigenvalue weighted by atomic mass is 32.1. The Hall–Kier alpha value is -0.450. The molecule has 2 aliphatic rings. The minimum absolute atomic E-state index is 0.216. The molecule has 1 aliphatic carbocycles. The van der Waals surface area contributed by atoms with Gasteiger partial charge in [0.2, 0.25) is 0 Å². The summed E-state index contributed by atoms with van der Waals surface area (Å²) in [6.07, 6.45) is 7.55. The summed E-state index contributed by atoms with van der Waals surface area (Å²) in [5.41, 5.74) is 1.40. The molecule has 1 aromatic heterocycles. The number of hydrogen-bond donors (Lipinski definition) is 1. The van der Waals surface area contributed by atoms with Crippen molar-refractivity contribution in [1.82, 2.24) is 10.3 Å². The smallest absolute Gasteiger partial charge is 0.0897 e. The van der Waals surface area contributed by atoms with Crippen molar-refractivity contribution in [2.45, 2.75) is 63.6 Å². The Balaban J connectivity index is 1.53. The minimum atomic E-state index is 0.216. The van der Waals surface area contributed by atoms with Gasteiger partial charge in [-0.05, 0) is 32.6 Å². The van der Waals surface area contributed by atoms with Crippen molar-refractivity contribution < 1.29 is 4.74 Å². The van der Waals surface area contributed by atoms with Crippen LogP contribution in [0.2, 0.25) is 0 Å². The maximum absolute atomic E-state index is 6.06. The Kier molecular flexibility index (Phi) is 3.68. The number of aryl methyl sites for hydroxylation is 1. The maximum atomic E-state index is 6.06. The molecule has 1 saturated carbocycles. The molecule has 1 unspecified atom stereocenters. The molecule has 0 radical (unpaired) electrons. The molecular weight excluding hydrogens is 244 g/mol. The lowest BCUT2D eigenvalue weighted by Gasteiger charge is -2.38. The summed E-state index contributed by atoms with van der Waals surface area (Å²) in [5.74, 6) is 0. The number of thiazole rings is 1. The summed E-state index contributed by atoms with van der Waals surface area (Å²) >= 11 is 1.73. The summed E-state index contributed by atoms with van der Waals surface area (Å²) in [5, 5.41) is 6.98. The predicted molar refractivity (Wildman–Crippen MR) is 73.9 cm³/mol. The Morgan fingerprint density at radius 1 is 1.50 bits per heavy atom. The molecule has 1 saturated heterocycles. The molecule has 0 bridgehead atoms. The zero-order valence-electron chi connectivity index (χ0n) is 11.1. The average molecular weight is 266 g/mol. The molecule has 100 valence electrons. The second kappa shape index (κ2) is 5.27. The second-order valence-corrected chi connectivity index (χ2v) is 6.73. The van der Waals surface area contributed by atoms with Crippen LogP contribution < -0.4 is 5.32 Å². The third kappa shape index (κ3) is 2.76. The van der Waals surface area contributed by atoms with Crippen molar-refractivity contribution in [2.75, 3.05) is 6.61 Å². The quantitative estimate of drug-likeness (QED) is 0.913. The largest absolute Gasteiger partial charge is 0.375 e. The van der Waals surface area contributed by atoms with Crippen LogP contribution in [0.25, 0.3) is 0 Å². The van der Waals surface area contributed by atoms with Crippen molar-refractivity contribution in [3.63, 3.8) is 0 Å². The molecule has 0 aromatic carbocycles. The SMILES string of the molecule is Cc1nc(CNC2CCOC3(CCCC3)C2)cs1. The lowest BCUT2D eigenvalue weighted by molar-refractivity contribution is -0.0838. The molecule has 0 amide bonds. The van der Waals surface area contributed by atoms with Crippen LogP contribution in [0.15, 0.2) is 5.38 Å². The van der Waals surface area contributed by atoms with Gasteiger partial charge in [0.15, 0.2) is 0 Å². The fraction of sp³-hybridized carbons (Fsp3) is 0.786. The third-order valence-corrected chi connectivity index (χ3v) is 5.07. The van der Waals surface area contributed by atoms with Crippen molar-refractivity contribution in [3.8, 4) is 0 Å². The van der Waals surface area contributed by atoms with E-state index in [1.165, 1.54) is 37.8 Å². The average Bonchev–Trinajstić information content (AvgIpc) is 2.97. The highest BCUT2D eigenvalue weighted by molar-refractivity contribution is 7.09. The van der Waals surface area contributed by atoms with E-state index in [1.807, 2.05) is 0 Å². The maximum Gasteiger partial charge on any atom is 0.0897 e. The number of nitrogens with one attached hydrogen (secondary N) is 1. The third-order valence-electron chi connectivity index (χ3n) is 4.25. The van der Waals surface area contributed by atoms with Gasteiger partial charge in [-0.15, -0.1) is 11.3 Å². The second-order valence-electron chi connectivity index (χ2n) is 5.67. The van der Waals surface area contributed by atoms with Gasteiger partial charge in [-0.2, -0.15) is 0 Å². The van der Waals surface area contributed by atoms with Gasteiger partial charge in [0.1, 0.15) is 0 Å². The van der Waals surface area contributed by atoms with Crippen LogP contribution in [-0.4, -0.2) is 23.2 Å². The van der Waals surface area contributed by atoms with Crippen molar-refractivity contribution >= 4 is 11.3 Å². The fourth-order valence-corrected chi connectivity index (χ4v) is 3.92. The van der Waals surface area contributed by atoms with Crippen LogP contribution in [0.3, 0.4) is 0 Å². The van der Waals surface area contributed by atoms with Crippen molar-refractivity contribution in [2.24, 2.45) is 0 Å². The Morgan fingerprint density at radius 2 is 2.33 bits per heavy atom. The summed E-state index contributed by atoms with van der Waals surface area (Å²) in [7, 11) is 0. The number of nitrogens with zero attached hydrogens (tertiary/aromatic N) is 1. The number of rotatable bonds is 3. The van der Waals surface area contributed by atoms with Crippen LogP contribution in [-0.2, 0) is 11.3 Å². The Labute approximate surface area is 113 Å². The first kappa shape index (κ1) is 12.6. The molecule has 2 heterocycles. The van der Waals surface area contributed by atoms with Crippen molar-refractivity contribution in [1.29, 1.82) is 0 Å². The van der Waals surface area contributed by atoms with E-state index in [0.717, 1.165) is 24.6 Å². The highest BCUT2D eigenvalue weighted by Crippen LogP contribution is 2.39. The van der Waals surface area contributed by atoms with Crippen LogP contribution in [0.5, 0.6) is 0 Å². The molecule has 1 aliphatic heterocycles. The molecule has 1 atom stereocenters. The standard InChI is InChI=1S/C14H22N2OS/c1-11-16-13(10-18-11)9-15-12-4-7-17-14(8-12)5-2-3-6-14/h10,12,15H,2-9H2,1H3. The predicted octanol–water partition coefficient (Wildman–Crippen LogP) is 3.03. The first-order chi connectivity index (χ1) is 8.76. The van der Waals surface area contributed by atoms with E-state index < -0.39 is 0 Å².